The fourth-order valence-electron chi connectivity index (χ4n) is 6.86. The maximum atomic E-state index is 14.1. The number of benzene rings is 1. The highest BCUT2D eigenvalue weighted by Crippen LogP contribution is 2.45. The summed E-state index contributed by atoms with van der Waals surface area (Å²) in [6, 6.07) is 7.41. The van der Waals surface area contributed by atoms with E-state index < -0.39 is 47.6 Å². The van der Waals surface area contributed by atoms with E-state index in [-0.39, 0.29) is 31.4 Å². The topological polar surface area (TPSA) is 164 Å². The maximum Gasteiger partial charge on any atom is 0.408 e. The van der Waals surface area contributed by atoms with Gasteiger partial charge in [0.2, 0.25) is 11.8 Å². The van der Waals surface area contributed by atoms with Gasteiger partial charge in [0, 0.05) is 30.3 Å². The van der Waals surface area contributed by atoms with Crippen molar-refractivity contribution in [3.05, 3.63) is 60.4 Å². The number of carbonyl (C=O) groups is 4. The minimum atomic E-state index is -1.42. The Labute approximate surface area is 273 Å². The Balaban J connectivity index is 1.22. The summed E-state index contributed by atoms with van der Waals surface area (Å²) in [5, 5.41) is 24.1. The van der Waals surface area contributed by atoms with Crippen LogP contribution in [-0.2, 0) is 24.0 Å². The molecule has 0 radical (unpaired) electrons. The van der Waals surface area contributed by atoms with Gasteiger partial charge in [0.25, 0.3) is 0 Å². The van der Waals surface area contributed by atoms with E-state index in [4.69, 9.17) is 9.57 Å². The molecular formula is C34H42N6O7. The van der Waals surface area contributed by atoms with Gasteiger partial charge in [0.15, 0.2) is 0 Å². The third-order valence-corrected chi connectivity index (χ3v) is 9.58. The molecule has 0 bridgehead atoms. The fraction of sp³-hybridized carbons (Fsp3) is 0.529. The molecule has 3 fully saturated rings. The van der Waals surface area contributed by atoms with Crippen LogP contribution in [0.2, 0.25) is 0 Å². The van der Waals surface area contributed by atoms with Gasteiger partial charge < -0.3 is 30.2 Å². The second-order valence-corrected chi connectivity index (χ2v) is 12.9. The molecule has 0 unspecified atom stereocenters. The number of carbonyl (C=O) groups excluding carboxylic acids is 3. The molecule has 1 aromatic carbocycles. The first-order valence-corrected chi connectivity index (χ1v) is 16.6. The molecule has 2 aliphatic carbocycles. The molecule has 47 heavy (non-hydrogen) atoms. The van der Waals surface area contributed by atoms with Crippen LogP contribution in [0.25, 0.3) is 5.69 Å². The van der Waals surface area contributed by atoms with Crippen molar-refractivity contribution in [1.29, 1.82) is 0 Å². The van der Waals surface area contributed by atoms with Crippen LogP contribution in [0.1, 0.15) is 76.2 Å². The van der Waals surface area contributed by atoms with Crippen molar-refractivity contribution in [2.75, 3.05) is 6.54 Å². The van der Waals surface area contributed by atoms with Gasteiger partial charge in [-0.3, -0.25) is 9.59 Å². The number of oxime groups is 1. The molecule has 3 N–H and O–H groups in total. The average Bonchev–Trinajstić information content (AvgIpc) is 3.55. The molecule has 1 saturated heterocycles. The van der Waals surface area contributed by atoms with E-state index in [0.717, 1.165) is 56.2 Å². The highest BCUT2D eigenvalue weighted by molar-refractivity contribution is 5.96. The van der Waals surface area contributed by atoms with Crippen LogP contribution in [0, 0.1) is 5.92 Å². The van der Waals surface area contributed by atoms with E-state index in [2.05, 4.69) is 20.9 Å². The van der Waals surface area contributed by atoms with Crippen LogP contribution in [0.15, 0.2) is 60.0 Å². The van der Waals surface area contributed by atoms with Crippen molar-refractivity contribution in [1.82, 2.24) is 25.3 Å². The number of alkyl carbamates (subject to hydrolysis) is 1. The quantitative estimate of drug-likeness (QED) is 0.233. The lowest BCUT2D eigenvalue weighted by Gasteiger charge is -2.29. The summed E-state index contributed by atoms with van der Waals surface area (Å²) >= 11 is 0. The molecule has 2 saturated carbocycles. The molecule has 13 heteroatoms. The molecule has 3 amide bonds. The molecule has 5 atom stereocenters. The number of nitrogens with one attached hydrogen (secondary N) is 2. The zero-order valence-electron chi connectivity index (χ0n) is 26.3. The van der Waals surface area contributed by atoms with Crippen LogP contribution in [-0.4, -0.2) is 86.3 Å². The van der Waals surface area contributed by atoms with Crippen molar-refractivity contribution in [2.45, 2.75) is 100 Å². The predicted molar refractivity (Wildman–Crippen MR) is 171 cm³/mol. The lowest BCUT2D eigenvalue weighted by atomic mass is 10.0. The van der Waals surface area contributed by atoms with E-state index >= 15 is 0 Å². The summed E-state index contributed by atoms with van der Waals surface area (Å²) in [5.41, 5.74) is 0.126. The van der Waals surface area contributed by atoms with Gasteiger partial charge in [-0.05, 0) is 63.5 Å². The molecule has 6 rings (SSSR count). The lowest BCUT2D eigenvalue weighted by molar-refractivity contribution is -0.145. The van der Waals surface area contributed by atoms with Gasteiger partial charge in [-0.25, -0.2) is 14.3 Å². The number of rotatable bonds is 7. The average molecular weight is 647 g/mol. The smallest absolute Gasteiger partial charge is 0.408 e. The van der Waals surface area contributed by atoms with Crippen LogP contribution >= 0.6 is 0 Å². The monoisotopic (exact) mass is 646 g/mol. The van der Waals surface area contributed by atoms with Crippen molar-refractivity contribution < 1.29 is 33.9 Å². The van der Waals surface area contributed by atoms with E-state index in [0.29, 0.717) is 12.8 Å². The first kappa shape index (κ1) is 32.3. The first-order chi connectivity index (χ1) is 22.8. The van der Waals surface area contributed by atoms with Crippen molar-refractivity contribution in [3.8, 4) is 5.69 Å². The number of nitrogens with zero attached hydrogens (tertiary/aromatic N) is 4. The third kappa shape index (κ3) is 7.50. The molecule has 13 nitrogen and oxygen atoms in total. The van der Waals surface area contributed by atoms with E-state index in [1.54, 1.807) is 17.1 Å². The van der Waals surface area contributed by atoms with Gasteiger partial charge in [0.1, 0.15) is 29.8 Å². The Kier molecular flexibility index (Phi) is 9.88. The van der Waals surface area contributed by atoms with E-state index in [1.807, 2.05) is 48.7 Å². The highest BCUT2D eigenvalue weighted by Gasteiger charge is 2.61. The summed E-state index contributed by atoms with van der Waals surface area (Å²) in [7, 11) is 0. The number of aliphatic carboxylic acids is 1. The molecular weight excluding hydrogens is 604 g/mol. The number of hydrogen-bond donors (Lipinski definition) is 3. The van der Waals surface area contributed by atoms with Crippen LogP contribution in [0.5, 0.6) is 0 Å². The van der Waals surface area contributed by atoms with Crippen molar-refractivity contribution in [3.63, 3.8) is 0 Å². The summed E-state index contributed by atoms with van der Waals surface area (Å²) < 4.78 is 7.32. The predicted octanol–water partition coefficient (Wildman–Crippen LogP) is 3.71. The first-order valence-electron chi connectivity index (χ1n) is 16.6. The Bertz CT molecular complexity index is 1500. The summed E-state index contributed by atoms with van der Waals surface area (Å²) in [6.45, 7) is 0.0360. The largest absolute Gasteiger partial charge is 0.479 e. The number of fused-ring (bicyclic) bond motifs is 2. The van der Waals surface area contributed by atoms with Crippen LogP contribution in [0.3, 0.4) is 0 Å². The molecule has 4 aliphatic rings. The summed E-state index contributed by atoms with van der Waals surface area (Å²) in [6.07, 6.45) is 14.9. The summed E-state index contributed by atoms with van der Waals surface area (Å²) in [4.78, 5) is 60.4. The zero-order chi connectivity index (χ0) is 32.8. The highest BCUT2D eigenvalue weighted by atomic mass is 16.6. The van der Waals surface area contributed by atoms with Crippen molar-refractivity contribution in [2.24, 2.45) is 11.1 Å². The van der Waals surface area contributed by atoms with Gasteiger partial charge in [0.05, 0.1) is 18.4 Å². The minimum Gasteiger partial charge on any atom is -0.479 e. The SMILES string of the molecule is O=C(N[C@H]1CCCCC/C=C\[C@@H]2C[C@]2(C(=O)O)NC(=O)[C@@H]2C[C@@H](O/N=C/c3ccccc3-n3cccn3)CN2C1=O)OC1CCCC1. The third-order valence-electron chi connectivity index (χ3n) is 9.58. The Morgan fingerprint density at radius 1 is 1.06 bits per heavy atom. The number of carboxylic acid groups (broad SMARTS) is 1. The second-order valence-electron chi connectivity index (χ2n) is 12.9. The molecule has 3 heterocycles. The minimum absolute atomic E-state index is 0.0360. The van der Waals surface area contributed by atoms with Gasteiger partial charge in [-0.15, -0.1) is 0 Å². The lowest BCUT2D eigenvalue weighted by Crippen LogP contribution is -2.56. The number of allylic oxidation sites excluding steroid dienone is 1. The molecule has 1 aromatic heterocycles. The number of amides is 3. The van der Waals surface area contributed by atoms with Crippen molar-refractivity contribution >= 4 is 30.1 Å². The maximum absolute atomic E-state index is 14.1. The molecule has 250 valence electrons. The number of ether oxygens (including phenoxy) is 1. The number of hydrogen-bond acceptors (Lipinski definition) is 8. The Morgan fingerprint density at radius 2 is 1.87 bits per heavy atom. The number of para-hydroxylation sites is 1. The zero-order valence-corrected chi connectivity index (χ0v) is 26.3. The standard InChI is InChI=1S/C34H42N6O7/c41-30-29-19-26(47-36-21-23-11-6-9-16-28(23)40-18-10-17-35-40)22-39(29)31(42)27(37-33(45)46-25-13-7-8-14-25)15-5-3-1-2-4-12-24-20-34(24,38-30)32(43)44/h4,6,9-12,16-18,21,24-27,29H,1-3,5,7-8,13-15,19-20,22H2,(H,37,45)(H,38,41)(H,43,44)/b12-4-,36-21+/t24-,26-,27+,29+,34+/m1/s1. The van der Waals surface area contributed by atoms with E-state index in [1.165, 1.54) is 4.90 Å². The molecule has 2 aliphatic heterocycles. The van der Waals surface area contributed by atoms with E-state index in [9.17, 15) is 24.3 Å². The Hall–Kier alpha value is -4.68. The van der Waals surface area contributed by atoms with Gasteiger partial charge in [-0.2, -0.15) is 5.10 Å². The van der Waals surface area contributed by atoms with Crippen LogP contribution < -0.4 is 10.6 Å². The summed E-state index contributed by atoms with van der Waals surface area (Å²) in [5.74, 6) is -2.44. The molecule has 2 aromatic rings. The van der Waals surface area contributed by atoms with Crippen LogP contribution in [0.4, 0.5) is 4.79 Å². The second kappa shape index (κ2) is 14.4. The number of aromatic nitrogens is 2. The normalized spacial score (nSPS) is 29.2. The fourth-order valence-corrected chi connectivity index (χ4v) is 6.86. The Morgan fingerprint density at radius 3 is 2.66 bits per heavy atom. The number of carboxylic acids is 1. The van der Waals surface area contributed by atoms with Gasteiger partial charge in [-0.1, -0.05) is 48.3 Å². The van der Waals surface area contributed by atoms with Gasteiger partial charge >= 0.3 is 12.1 Å². The molecule has 0 spiro atoms.